The van der Waals surface area contributed by atoms with Crippen LogP contribution in [0.3, 0.4) is 0 Å². The van der Waals surface area contributed by atoms with Gasteiger partial charge in [0, 0.05) is 37.8 Å². The van der Waals surface area contributed by atoms with Crippen molar-refractivity contribution >= 4 is 11.6 Å². The van der Waals surface area contributed by atoms with Crippen LogP contribution in [-0.2, 0) is 9.53 Å². The Bertz CT molecular complexity index is 497. The summed E-state index contributed by atoms with van der Waals surface area (Å²) < 4.78 is 5.39. The Balaban J connectivity index is 1.51. The molecule has 1 unspecified atom stereocenters. The number of nitrogens with zero attached hydrogens (tertiary/aromatic N) is 1. The molecule has 0 aromatic heterocycles. The second-order valence-corrected chi connectivity index (χ2v) is 6.84. The Labute approximate surface area is 139 Å². The molecular formula is C19H28N2O2. The van der Waals surface area contributed by atoms with E-state index in [9.17, 15) is 4.79 Å². The third-order valence-electron chi connectivity index (χ3n) is 5.27. The second-order valence-electron chi connectivity index (χ2n) is 6.84. The van der Waals surface area contributed by atoms with Crippen molar-refractivity contribution in [3.63, 3.8) is 0 Å². The van der Waals surface area contributed by atoms with E-state index in [-0.39, 0.29) is 17.9 Å². The van der Waals surface area contributed by atoms with Crippen molar-refractivity contribution in [3.05, 3.63) is 30.3 Å². The van der Waals surface area contributed by atoms with E-state index in [2.05, 4.69) is 34.5 Å². The van der Waals surface area contributed by atoms with E-state index in [1.165, 1.54) is 5.69 Å². The molecule has 0 bridgehead atoms. The molecular weight excluding hydrogens is 288 g/mol. The molecule has 1 N–H and O–H groups in total. The van der Waals surface area contributed by atoms with E-state index in [0.29, 0.717) is 6.10 Å². The Kier molecular flexibility index (Phi) is 5.55. The molecule has 3 rings (SSSR count). The minimum atomic E-state index is 0.175. The molecule has 1 aliphatic carbocycles. The van der Waals surface area contributed by atoms with Gasteiger partial charge < -0.3 is 15.0 Å². The fourth-order valence-electron chi connectivity index (χ4n) is 3.85. The summed E-state index contributed by atoms with van der Waals surface area (Å²) in [5.41, 5.74) is 1.26. The summed E-state index contributed by atoms with van der Waals surface area (Å²) >= 11 is 0. The molecule has 1 saturated heterocycles. The van der Waals surface area contributed by atoms with Crippen LogP contribution in [0.1, 0.15) is 38.5 Å². The Morgan fingerprint density at radius 2 is 1.87 bits per heavy atom. The SMILES string of the molecule is COC1CCC(C(=O)NC2CCCN(c3ccccc3)C2)CC1. The number of ether oxygens (including phenoxy) is 1. The molecule has 4 nitrogen and oxygen atoms in total. The van der Waals surface area contributed by atoms with E-state index in [1.54, 1.807) is 7.11 Å². The first-order valence-electron chi connectivity index (χ1n) is 8.89. The molecule has 1 aromatic rings. The molecule has 0 spiro atoms. The van der Waals surface area contributed by atoms with Crippen molar-refractivity contribution in [2.24, 2.45) is 5.92 Å². The van der Waals surface area contributed by atoms with Gasteiger partial charge in [-0.15, -0.1) is 0 Å². The van der Waals surface area contributed by atoms with Crippen molar-refractivity contribution in [2.75, 3.05) is 25.1 Å². The van der Waals surface area contributed by atoms with E-state index in [0.717, 1.165) is 51.6 Å². The average Bonchev–Trinajstić information content (AvgIpc) is 2.63. The summed E-state index contributed by atoms with van der Waals surface area (Å²) in [4.78, 5) is 14.9. The number of amides is 1. The zero-order valence-corrected chi connectivity index (χ0v) is 14.0. The average molecular weight is 316 g/mol. The molecule has 2 aliphatic rings. The molecule has 1 heterocycles. The van der Waals surface area contributed by atoms with Crippen LogP contribution in [0.15, 0.2) is 30.3 Å². The van der Waals surface area contributed by atoms with Gasteiger partial charge in [0.05, 0.1) is 6.10 Å². The van der Waals surface area contributed by atoms with Crippen LogP contribution in [-0.4, -0.2) is 38.3 Å². The summed E-state index contributed by atoms with van der Waals surface area (Å²) in [5.74, 6) is 0.424. The van der Waals surface area contributed by atoms with Crippen molar-refractivity contribution in [2.45, 2.75) is 50.7 Å². The smallest absolute Gasteiger partial charge is 0.223 e. The van der Waals surface area contributed by atoms with Crippen LogP contribution in [0.4, 0.5) is 5.69 Å². The number of nitrogens with one attached hydrogen (secondary N) is 1. The fourth-order valence-corrected chi connectivity index (χ4v) is 3.85. The van der Waals surface area contributed by atoms with Gasteiger partial charge in [0.15, 0.2) is 0 Å². The molecule has 126 valence electrons. The van der Waals surface area contributed by atoms with Crippen molar-refractivity contribution in [3.8, 4) is 0 Å². The molecule has 0 radical (unpaired) electrons. The van der Waals surface area contributed by atoms with Gasteiger partial charge in [-0.3, -0.25) is 4.79 Å². The highest BCUT2D eigenvalue weighted by molar-refractivity contribution is 5.79. The second kappa shape index (κ2) is 7.82. The number of rotatable bonds is 4. The van der Waals surface area contributed by atoms with Gasteiger partial charge in [0.25, 0.3) is 0 Å². The number of hydrogen-bond acceptors (Lipinski definition) is 3. The number of hydrogen-bond donors (Lipinski definition) is 1. The van der Waals surface area contributed by atoms with E-state index >= 15 is 0 Å². The number of methoxy groups -OCH3 is 1. The Hall–Kier alpha value is -1.55. The highest BCUT2D eigenvalue weighted by Crippen LogP contribution is 2.26. The largest absolute Gasteiger partial charge is 0.381 e. The Morgan fingerprint density at radius 1 is 1.13 bits per heavy atom. The van der Waals surface area contributed by atoms with Crippen LogP contribution in [0, 0.1) is 5.92 Å². The van der Waals surface area contributed by atoms with Crippen molar-refractivity contribution < 1.29 is 9.53 Å². The third-order valence-corrected chi connectivity index (χ3v) is 5.27. The normalized spacial score (nSPS) is 28.4. The maximum Gasteiger partial charge on any atom is 0.223 e. The monoisotopic (exact) mass is 316 g/mol. The quantitative estimate of drug-likeness (QED) is 0.928. The van der Waals surface area contributed by atoms with Gasteiger partial charge in [0.1, 0.15) is 0 Å². The van der Waals surface area contributed by atoms with Crippen LogP contribution >= 0.6 is 0 Å². The molecule has 1 amide bonds. The highest BCUT2D eigenvalue weighted by atomic mass is 16.5. The topological polar surface area (TPSA) is 41.6 Å². The van der Waals surface area contributed by atoms with Crippen molar-refractivity contribution in [1.29, 1.82) is 0 Å². The van der Waals surface area contributed by atoms with Gasteiger partial charge in [-0.2, -0.15) is 0 Å². The molecule has 1 aromatic carbocycles. The zero-order chi connectivity index (χ0) is 16.1. The lowest BCUT2D eigenvalue weighted by Gasteiger charge is -2.36. The van der Waals surface area contributed by atoms with Gasteiger partial charge in [0.2, 0.25) is 5.91 Å². The first-order chi connectivity index (χ1) is 11.3. The van der Waals surface area contributed by atoms with E-state index in [4.69, 9.17) is 4.74 Å². The van der Waals surface area contributed by atoms with Crippen LogP contribution in [0.5, 0.6) is 0 Å². The van der Waals surface area contributed by atoms with E-state index < -0.39 is 0 Å². The summed E-state index contributed by atoms with van der Waals surface area (Å²) in [5, 5.41) is 3.30. The minimum absolute atomic E-state index is 0.175. The lowest BCUT2D eigenvalue weighted by Crippen LogP contribution is -2.49. The van der Waals surface area contributed by atoms with Gasteiger partial charge in [-0.1, -0.05) is 18.2 Å². The number of para-hydroxylation sites is 1. The molecule has 1 aliphatic heterocycles. The minimum Gasteiger partial charge on any atom is -0.381 e. The maximum atomic E-state index is 12.5. The van der Waals surface area contributed by atoms with Crippen LogP contribution < -0.4 is 10.2 Å². The first kappa shape index (κ1) is 16.3. The number of carbonyl (C=O) groups is 1. The van der Waals surface area contributed by atoms with Gasteiger partial charge in [-0.05, 0) is 50.7 Å². The van der Waals surface area contributed by atoms with Crippen molar-refractivity contribution in [1.82, 2.24) is 5.32 Å². The summed E-state index contributed by atoms with van der Waals surface area (Å²) in [6.45, 7) is 2.00. The molecule has 4 heteroatoms. The zero-order valence-electron chi connectivity index (χ0n) is 14.0. The lowest BCUT2D eigenvalue weighted by atomic mass is 9.86. The number of anilines is 1. The molecule has 1 saturated carbocycles. The van der Waals surface area contributed by atoms with Crippen LogP contribution in [0.2, 0.25) is 0 Å². The highest BCUT2D eigenvalue weighted by Gasteiger charge is 2.29. The van der Waals surface area contributed by atoms with E-state index in [1.807, 2.05) is 6.07 Å². The summed E-state index contributed by atoms with van der Waals surface area (Å²) in [6.07, 6.45) is 6.50. The predicted octanol–water partition coefficient (Wildman–Crippen LogP) is 2.98. The fraction of sp³-hybridized carbons (Fsp3) is 0.632. The maximum absolute atomic E-state index is 12.5. The Morgan fingerprint density at radius 3 is 2.57 bits per heavy atom. The number of piperidine rings is 1. The predicted molar refractivity (Wildman–Crippen MR) is 92.6 cm³/mol. The van der Waals surface area contributed by atoms with Gasteiger partial charge >= 0.3 is 0 Å². The summed E-state index contributed by atoms with van der Waals surface area (Å²) in [7, 11) is 1.77. The third kappa shape index (κ3) is 4.25. The molecule has 23 heavy (non-hydrogen) atoms. The lowest BCUT2D eigenvalue weighted by molar-refractivity contribution is -0.127. The summed E-state index contributed by atoms with van der Waals surface area (Å²) in [6, 6.07) is 10.8. The van der Waals surface area contributed by atoms with Crippen LogP contribution in [0.25, 0.3) is 0 Å². The standard InChI is InChI=1S/C19H28N2O2/c1-23-18-11-9-15(10-12-18)19(22)20-16-6-5-13-21(14-16)17-7-3-2-4-8-17/h2-4,7-8,15-16,18H,5-6,9-14H2,1H3,(H,20,22). The van der Waals surface area contributed by atoms with Gasteiger partial charge in [-0.25, -0.2) is 0 Å². The number of benzene rings is 1. The molecule has 1 atom stereocenters. The first-order valence-corrected chi connectivity index (χ1v) is 8.89. The molecule has 2 fully saturated rings. The number of carbonyl (C=O) groups excluding carboxylic acids is 1.